The van der Waals surface area contributed by atoms with E-state index in [1.165, 1.54) is 14.8 Å². The van der Waals surface area contributed by atoms with Crippen LogP contribution in [0.5, 0.6) is 0 Å². The van der Waals surface area contributed by atoms with Gasteiger partial charge < -0.3 is 10.2 Å². The average molecular weight is 352 g/mol. The standard InChI is InChI=1S/C15H17IN2/c1-18(2)15-8-4-7-14(10-15)17-11-12-5-3-6-13(16)9-12/h3-10,17H,11H2,1-2H3. The average Bonchev–Trinajstić information content (AvgIpc) is 2.37. The van der Waals surface area contributed by atoms with E-state index in [1.54, 1.807) is 0 Å². The van der Waals surface area contributed by atoms with E-state index in [4.69, 9.17) is 0 Å². The predicted octanol–water partition coefficient (Wildman–Crippen LogP) is 3.97. The first kappa shape index (κ1) is 13.2. The highest BCUT2D eigenvalue weighted by molar-refractivity contribution is 14.1. The van der Waals surface area contributed by atoms with Gasteiger partial charge in [0.1, 0.15) is 0 Å². The molecule has 0 atom stereocenters. The third kappa shape index (κ3) is 3.63. The minimum Gasteiger partial charge on any atom is -0.381 e. The molecule has 0 bridgehead atoms. The zero-order valence-electron chi connectivity index (χ0n) is 10.7. The molecule has 0 saturated heterocycles. The van der Waals surface area contributed by atoms with Crippen LogP contribution >= 0.6 is 22.6 Å². The Morgan fingerprint density at radius 1 is 1.06 bits per heavy atom. The summed E-state index contributed by atoms with van der Waals surface area (Å²) in [6.45, 7) is 0.855. The molecule has 0 spiro atoms. The van der Waals surface area contributed by atoms with Crippen LogP contribution in [0.25, 0.3) is 0 Å². The number of hydrogen-bond acceptors (Lipinski definition) is 2. The molecule has 18 heavy (non-hydrogen) atoms. The molecule has 0 heterocycles. The Labute approximate surface area is 122 Å². The highest BCUT2D eigenvalue weighted by Crippen LogP contribution is 2.18. The molecule has 94 valence electrons. The van der Waals surface area contributed by atoms with E-state index in [1.807, 2.05) is 0 Å². The summed E-state index contributed by atoms with van der Waals surface area (Å²) in [4.78, 5) is 2.11. The predicted molar refractivity (Wildman–Crippen MR) is 87.3 cm³/mol. The fraction of sp³-hybridized carbons (Fsp3) is 0.200. The number of anilines is 2. The zero-order chi connectivity index (χ0) is 13.0. The second kappa shape index (κ2) is 6.09. The summed E-state index contributed by atoms with van der Waals surface area (Å²) in [7, 11) is 4.11. The lowest BCUT2D eigenvalue weighted by atomic mass is 10.2. The third-order valence-corrected chi connectivity index (χ3v) is 3.42. The van der Waals surface area contributed by atoms with Crippen molar-refractivity contribution in [1.29, 1.82) is 0 Å². The summed E-state index contributed by atoms with van der Waals surface area (Å²) in [5.41, 5.74) is 3.67. The smallest absolute Gasteiger partial charge is 0.0401 e. The van der Waals surface area contributed by atoms with Crippen LogP contribution < -0.4 is 10.2 Å². The van der Waals surface area contributed by atoms with E-state index in [0.29, 0.717) is 0 Å². The number of benzene rings is 2. The van der Waals surface area contributed by atoms with Crippen LogP contribution in [0.15, 0.2) is 48.5 Å². The van der Waals surface area contributed by atoms with Crippen molar-refractivity contribution in [2.24, 2.45) is 0 Å². The van der Waals surface area contributed by atoms with Crippen LogP contribution in [0, 0.1) is 3.57 Å². The van der Waals surface area contributed by atoms with Crippen LogP contribution in [0.3, 0.4) is 0 Å². The summed E-state index contributed by atoms with van der Waals surface area (Å²) in [5, 5.41) is 3.45. The second-order valence-electron chi connectivity index (χ2n) is 4.43. The van der Waals surface area contributed by atoms with Gasteiger partial charge in [0.2, 0.25) is 0 Å². The lowest BCUT2D eigenvalue weighted by molar-refractivity contribution is 1.12. The Morgan fingerprint density at radius 3 is 2.56 bits per heavy atom. The number of hydrogen-bond donors (Lipinski definition) is 1. The minimum absolute atomic E-state index is 0.855. The van der Waals surface area contributed by atoms with E-state index < -0.39 is 0 Å². The van der Waals surface area contributed by atoms with Crippen molar-refractivity contribution < 1.29 is 0 Å². The Morgan fingerprint density at radius 2 is 1.83 bits per heavy atom. The van der Waals surface area contributed by atoms with Crippen LogP contribution in [0.1, 0.15) is 5.56 Å². The molecule has 1 N–H and O–H groups in total. The molecule has 0 aliphatic rings. The first-order chi connectivity index (χ1) is 8.65. The fourth-order valence-corrected chi connectivity index (χ4v) is 2.35. The molecule has 0 radical (unpaired) electrons. The monoisotopic (exact) mass is 352 g/mol. The van der Waals surface area contributed by atoms with Gasteiger partial charge in [0.15, 0.2) is 0 Å². The fourth-order valence-electron chi connectivity index (χ4n) is 1.75. The number of rotatable bonds is 4. The number of nitrogens with zero attached hydrogens (tertiary/aromatic N) is 1. The van der Waals surface area contributed by atoms with Gasteiger partial charge in [-0.3, -0.25) is 0 Å². The van der Waals surface area contributed by atoms with Gasteiger partial charge in [0.25, 0.3) is 0 Å². The molecule has 2 nitrogen and oxygen atoms in total. The molecule has 0 aliphatic heterocycles. The van der Waals surface area contributed by atoms with Crippen molar-refractivity contribution in [3.05, 3.63) is 57.7 Å². The van der Waals surface area contributed by atoms with Gasteiger partial charge in [-0.15, -0.1) is 0 Å². The van der Waals surface area contributed by atoms with E-state index in [-0.39, 0.29) is 0 Å². The molecule has 2 aromatic carbocycles. The summed E-state index contributed by atoms with van der Waals surface area (Å²) in [6, 6.07) is 17.0. The van der Waals surface area contributed by atoms with Gasteiger partial charge in [-0.25, -0.2) is 0 Å². The number of nitrogens with one attached hydrogen (secondary N) is 1. The molecular formula is C15H17IN2. The molecule has 0 fully saturated rings. The molecule has 0 aromatic heterocycles. The Kier molecular flexibility index (Phi) is 4.47. The van der Waals surface area contributed by atoms with E-state index >= 15 is 0 Å². The van der Waals surface area contributed by atoms with Gasteiger partial charge in [0, 0.05) is 35.6 Å². The van der Waals surface area contributed by atoms with E-state index in [0.717, 1.165) is 12.2 Å². The second-order valence-corrected chi connectivity index (χ2v) is 5.67. The maximum Gasteiger partial charge on any atom is 0.0401 e. The highest BCUT2D eigenvalue weighted by Gasteiger charge is 1.98. The van der Waals surface area contributed by atoms with Crippen molar-refractivity contribution in [2.75, 3.05) is 24.3 Å². The number of halogens is 1. The van der Waals surface area contributed by atoms with Gasteiger partial charge in [-0.2, -0.15) is 0 Å². The van der Waals surface area contributed by atoms with Crippen molar-refractivity contribution in [3.8, 4) is 0 Å². The first-order valence-corrected chi connectivity index (χ1v) is 6.99. The van der Waals surface area contributed by atoms with Gasteiger partial charge >= 0.3 is 0 Å². The van der Waals surface area contributed by atoms with Crippen LogP contribution in [0.2, 0.25) is 0 Å². The molecule has 0 amide bonds. The van der Waals surface area contributed by atoms with Crippen LogP contribution in [0.4, 0.5) is 11.4 Å². The first-order valence-electron chi connectivity index (χ1n) is 5.91. The van der Waals surface area contributed by atoms with Crippen LogP contribution in [-0.4, -0.2) is 14.1 Å². The minimum atomic E-state index is 0.855. The molecule has 0 saturated carbocycles. The Balaban J connectivity index is 2.04. The maximum atomic E-state index is 3.45. The molecule has 0 aliphatic carbocycles. The molecule has 2 aromatic rings. The summed E-state index contributed by atoms with van der Waals surface area (Å²) in [5.74, 6) is 0. The lowest BCUT2D eigenvalue weighted by Gasteiger charge is -2.14. The molecule has 3 heteroatoms. The van der Waals surface area contributed by atoms with E-state index in [9.17, 15) is 0 Å². The van der Waals surface area contributed by atoms with Crippen molar-refractivity contribution in [3.63, 3.8) is 0 Å². The Hall–Kier alpha value is -1.23. The van der Waals surface area contributed by atoms with Crippen molar-refractivity contribution in [2.45, 2.75) is 6.54 Å². The maximum absolute atomic E-state index is 3.45. The summed E-state index contributed by atoms with van der Waals surface area (Å²) < 4.78 is 1.27. The van der Waals surface area contributed by atoms with Gasteiger partial charge in [-0.05, 0) is 58.5 Å². The quantitative estimate of drug-likeness (QED) is 0.838. The van der Waals surface area contributed by atoms with Crippen LogP contribution in [-0.2, 0) is 6.54 Å². The Bertz CT molecular complexity index is 523. The molecular weight excluding hydrogens is 335 g/mol. The normalized spacial score (nSPS) is 10.2. The molecule has 2 rings (SSSR count). The SMILES string of the molecule is CN(C)c1cccc(NCc2cccc(I)c2)c1. The third-order valence-electron chi connectivity index (χ3n) is 2.75. The molecule has 0 unspecified atom stereocenters. The zero-order valence-corrected chi connectivity index (χ0v) is 12.8. The highest BCUT2D eigenvalue weighted by atomic mass is 127. The van der Waals surface area contributed by atoms with Crippen molar-refractivity contribution >= 4 is 34.0 Å². The van der Waals surface area contributed by atoms with Crippen molar-refractivity contribution in [1.82, 2.24) is 0 Å². The summed E-state index contributed by atoms with van der Waals surface area (Å²) in [6.07, 6.45) is 0. The lowest BCUT2D eigenvalue weighted by Crippen LogP contribution is -2.09. The summed E-state index contributed by atoms with van der Waals surface area (Å²) >= 11 is 2.34. The topological polar surface area (TPSA) is 15.3 Å². The van der Waals surface area contributed by atoms with Gasteiger partial charge in [-0.1, -0.05) is 18.2 Å². The largest absolute Gasteiger partial charge is 0.381 e. The van der Waals surface area contributed by atoms with E-state index in [2.05, 4.69) is 95.4 Å². The van der Waals surface area contributed by atoms with Gasteiger partial charge in [0.05, 0.1) is 0 Å².